The summed E-state index contributed by atoms with van der Waals surface area (Å²) in [6.45, 7) is 5.70. The van der Waals surface area contributed by atoms with Crippen LogP contribution in [-0.4, -0.2) is 17.2 Å². The lowest BCUT2D eigenvalue weighted by Gasteiger charge is -2.24. The van der Waals surface area contributed by atoms with Crippen molar-refractivity contribution in [1.82, 2.24) is 0 Å². The van der Waals surface area contributed by atoms with Crippen molar-refractivity contribution < 1.29 is 14.6 Å². The number of hydrogen-bond acceptors (Lipinski definition) is 7. The monoisotopic (exact) mass is 391 g/mol. The first-order chi connectivity index (χ1) is 13.9. The summed E-state index contributed by atoms with van der Waals surface area (Å²) in [5.74, 6) is -0.344. The Kier molecular flexibility index (Phi) is 5.69. The van der Waals surface area contributed by atoms with Gasteiger partial charge in [0.1, 0.15) is 11.8 Å². The van der Waals surface area contributed by atoms with Crippen LogP contribution in [0.2, 0.25) is 0 Å². The van der Waals surface area contributed by atoms with Crippen LogP contribution in [0.5, 0.6) is 5.75 Å². The van der Waals surface area contributed by atoms with Crippen LogP contribution in [-0.2, 0) is 16.9 Å². The van der Waals surface area contributed by atoms with Gasteiger partial charge >= 0.3 is 5.97 Å². The van der Waals surface area contributed by atoms with Gasteiger partial charge in [0.15, 0.2) is 0 Å². The summed E-state index contributed by atoms with van der Waals surface area (Å²) in [4.78, 5) is 10.8. The molecular formula is C21H21N5O3. The van der Waals surface area contributed by atoms with E-state index in [1.54, 1.807) is 18.2 Å². The number of aliphatic carboxylic acids is 1. The van der Waals surface area contributed by atoms with Crippen LogP contribution in [0.25, 0.3) is 0 Å². The standard InChI is InChI=1S/C21H21N5O3/c1-13(2)29-19-8-6-17(11-16(19)12-22)21(23-25-26-24-21)18-7-4-15(10-14(18)3)5-9-20(27)28/h4,6-8,10-11,13H,5,9H2,1-3H3,(H,27,28). The SMILES string of the molecule is Cc1cc(CCC(=O)O)ccc1C1(c2ccc(OC(C)C)c(C#N)c2)N=NN=N1. The zero-order valence-electron chi connectivity index (χ0n) is 16.5. The van der Waals surface area contributed by atoms with Crippen molar-refractivity contribution in [2.75, 3.05) is 0 Å². The normalized spacial score (nSPS) is 14.2. The highest BCUT2D eigenvalue weighted by molar-refractivity contribution is 5.67. The lowest BCUT2D eigenvalue weighted by atomic mass is 9.87. The van der Waals surface area contributed by atoms with Gasteiger partial charge < -0.3 is 9.84 Å². The summed E-state index contributed by atoms with van der Waals surface area (Å²) >= 11 is 0. The van der Waals surface area contributed by atoms with Gasteiger partial charge in [0.25, 0.3) is 0 Å². The molecular weight excluding hydrogens is 370 g/mol. The minimum absolute atomic E-state index is 0.0617. The molecule has 3 rings (SSSR count). The lowest BCUT2D eigenvalue weighted by Crippen LogP contribution is -2.22. The second kappa shape index (κ2) is 8.19. The average Bonchev–Trinajstić information content (AvgIpc) is 3.17. The molecule has 0 spiro atoms. The maximum absolute atomic E-state index is 10.8. The van der Waals surface area contributed by atoms with E-state index in [2.05, 4.69) is 26.7 Å². The van der Waals surface area contributed by atoms with E-state index < -0.39 is 11.6 Å². The van der Waals surface area contributed by atoms with Gasteiger partial charge in [-0.25, -0.2) is 0 Å². The highest BCUT2D eigenvalue weighted by Gasteiger charge is 2.39. The Balaban J connectivity index is 2.04. The van der Waals surface area contributed by atoms with Gasteiger partial charge in [-0.2, -0.15) is 5.26 Å². The first kappa shape index (κ1) is 20.1. The maximum atomic E-state index is 10.8. The molecule has 2 aromatic rings. The van der Waals surface area contributed by atoms with Crippen molar-refractivity contribution in [3.05, 3.63) is 64.2 Å². The summed E-state index contributed by atoms with van der Waals surface area (Å²) in [5.41, 5.74) is 2.41. The predicted octanol–water partition coefficient (Wildman–Crippen LogP) is 4.71. The molecule has 0 atom stereocenters. The number of carboxylic acid groups (broad SMARTS) is 1. The highest BCUT2D eigenvalue weighted by Crippen LogP contribution is 2.42. The maximum Gasteiger partial charge on any atom is 0.303 e. The molecule has 0 radical (unpaired) electrons. The second-order valence-corrected chi connectivity index (χ2v) is 7.08. The van der Waals surface area contributed by atoms with Gasteiger partial charge in [-0.05, 0) is 60.9 Å². The van der Waals surface area contributed by atoms with Crippen molar-refractivity contribution in [1.29, 1.82) is 5.26 Å². The molecule has 0 saturated carbocycles. The largest absolute Gasteiger partial charge is 0.490 e. The van der Waals surface area contributed by atoms with Crippen molar-refractivity contribution in [2.45, 2.75) is 45.4 Å². The van der Waals surface area contributed by atoms with E-state index in [0.717, 1.165) is 16.7 Å². The highest BCUT2D eigenvalue weighted by atomic mass is 16.5. The molecule has 0 unspecified atom stereocenters. The number of ether oxygens (including phenoxy) is 1. The molecule has 1 aliphatic rings. The van der Waals surface area contributed by atoms with Gasteiger partial charge in [-0.3, -0.25) is 4.79 Å². The molecule has 2 aromatic carbocycles. The van der Waals surface area contributed by atoms with Gasteiger partial charge in [-0.1, -0.05) is 24.3 Å². The Morgan fingerprint density at radius 1 is 1.21 bits per heavy atom. The van der Waals surface area contributed by atoms with Gasteiger partial charge in [0.2, 0.25) is 5.66 Å². The third-order valence-electron chi connectivity index (χ3n) is 4.58. The van der Waals surface area contributed by atoms with Crippen LogP contribution in [0.15, 0.2) is 57.1 Å². The lowest BCUT2D eigenvalue weighted by molar-refractivity contribution is -0.136. The molecule has 1 aliphatic heterocycles. The molecule has 8 nitrogen and oxygen atoms in total. The molecule has 29 heavy (non-hydrogen) atoms. The first-order valence-corrected chi connectivity index (χ1v) is 9.23. The molecule has 0 fully saturated rings. The smallest absolute Gasteiger partial charge is 0.303 e. The van der Waals surface area contributed by atoms with E-state index in [-0.39, 0.29) is 12.5 Å². The first-order valence-electron chi connectivity index (χ1n) is 9.23. The van der Waals surface area contributed by atoms with E-state index in [9.17, 15) is 10.1 Å². The molecule has 1 N–H and O–H groups in total. The Morgan fingerprint density at radius 2 is 1.93 bits per heavy atom. The predicted molar refractivity (Wildman–Crippen MR) is 105 cm³/mol. The number of carboxylic acids is 1. The summed E-state index contributed by atoms with van der Waals surface area (Å²) in [6, 6.07) is 13.0. The quantitative estimate of drug-likeness (QED) is 0.735. The Labute approximate surface area is 168 Å². The number of hydrogen-bond donors (Lipinski definition) is 1. The molecule has 148 valence electrons. The third kappa shape index (κ3) is 4.14. The Hall–Kier alpha value is -3.60. The number of nitriles is 1. The van der Waals surface area contributed by atoms with E-state index in [0.29, 0.717) is 23.3 Å². The fourth-order valence-corrected chi connectivity index (χ4v) is 3.28. The summed E-state index contributed by atoms with van der Waals surface area (Å²) < 4.78 is 5.70. The second-order valence-electron chi connectivity index (χ2n) is 7.08. The van der Waals surface area contributed by atoms with Crippen LogP contribution in [0.3, 0.4) is 0 Å². The molecule has 8 heteroatoms. The van der Waals surface area contributed by atoms with Gasteiger partial charge in [-0.15, -0.1) is 10.2 Å². The summed E-state index contributed by atoms with van der Waals surface area (Å²) in [7, 11) is 0. The third-order valence-corrected chi connectivity index (χ3v) is 4.58. The molecule has 0 saturated heterocycles. The number of nitrogens with zero attached hydrogens (tertiary/aromatic N) is 5. The number of benzene rings is 2. The van der Waals surface area contributed by atoms with Gasteiger partial charge in [0.05, 0.1) is 11.7 Å². The van der Waals surface area contributed by atoms with Crippen LogP contribution in [0, 0.1) is 18.3 Å². The van der Waals surface area contributed by atoms with E-state index in [1.165, 1.54) is 0 Å². The Bertz CT molecular complexity index is 1030. The molecule has 0 aromatic heterocycles. The van der Waals surface area contributed by atoms with Crippen molar-refractivity contribution >= 4 is 5.97 Å². The minimum Gasteiger partial charge on any atom is -0.490 e. The van der Waals surface area contributed by atoms with Crippen molar-refractivity contribution in [2.24, 2.45) is 20.7 Å². The fourth-order valence-electron chi connectivity index (χ4n) is 3.28. The zero-order chi connectivity index (χ0) is 21.0. The number of aryl methyl sites for hydroxylation is 2. The van der Waals surface area contributed by atoms with Crippen LogP contribution in [0.1, 0.15) is 48.1 Å². The van der Waals surface area contributed by atoms with Crippen LogP contribution in [0.4, 0.5) is 0 Å². The zero-order valence-corrected chi connectivity index (χ0v) is 16.5. The van der Waals surface area contributed by atoms with E-state index in [4.69, 9.17) is 9.84 Å². The van der Waals surface area contributed by atoms with E-state index >= 15 is 0 Å². The van der Waals surface area contributed by atoms with Crippen molar-refractivity contribution in [3.8, 4) is 11.8 Å². The van der Waals surface area contributed by atoms with Crippen LogP contribution >= 0.6 is 0 Å². The topological polar surface area (TPSA) is 120 Å². The average molecular weight is 391 g/mol. The summed E-state index contributed by atoms with van der Waals surface area (Å²) in [6.07, 6.45) is 0.437. The van der Waals surface area contributed by atoms with Crippen LogP contribution < -0.4 is 4.74 Å². The molecule has 0 aliphatic carbocycles. The molecule has 0 bridgehead atoms. The van der Waals surface area contributed by atoms with E-state index in [1.807, 2.05) is 39.0 Å². The number of carbonyl (C=O) groups is 1. The number of rotatable bonds is 7. The molecule has 1 heterocycles. The minimum atomic E-state index is -1.18. The van der Waals surface area contributed by atoms with Gasteiger partial charge in [0, 0.05) is 17.5 Å². The Morgan fingerprint density at radius 3 is 2.52 bits per heavy atom. The fraction of sp³-hybridized carbons (Fsp3) is 0.333. The molecule has 0 amide bonds. The summed E-state index contributed by atoms with van der Waals surface area (Å²) in [5, 5.41) is 34.5. The van der Waals surface area contributed by atoms with Crippen molar-refractivity contribution in [3.63, 3.8) is 0 Å².